The fourth-order valence-corrected chi connectivity index (χ4v) is 1.69. The molecule has 0 amide bonds. The third-order valence-electron chi connectivity index (χ3n) is 2.60. The Morgan fingerprint density at radius 2 is 2.24 bits per heavy atom. The van der Waals surface area contributed by atoms with E-state index in [1.54, 1.807) is 6.07 Å². The third kappa shape index (κ3) is 2.15. The van der Waals surface area contributed by atoms with Crippen molar-refractivity contribution in [2.24, 2.45) is 5.73 Å². The first-order chi connectivity index (χ1) is 7.99. The van der Waals surface area contributed by atoms with E-state index in [1.807, 2.05) is 0 Å². The highest BCUT2D eigenvalue weighted by Gasteiger charge is 2.35. The van der Waals surface area contributed by atoms with Gasteiger partial charge in [0.05, 0.1) is 5.56 Å². The zero-order valence-corrected chi connectivity index (χ0v) is 8.79. The smallest absolute Gasteiger partial charge is 0.502 e. The van der Waals surface area contributed by atoms with Crippen LogP contribution in [0.5, 0.6) is 0 Å². The van der Waals surface area contributed by atoms with Crippen LogP contribution in [0.4, 0.5) is 0 Å². The highest BCUT2D eigenvalue weighted by Crippen LogP contribution is 2.13. The second-order valence-electron chi connectivity index (χ2n) is 3.83. The number of carboxylic acid groups (broad SMARTS) is 1. The number of nitrogens with two attached hydrogens (primary N) is 1. The van der Waals surface area contributed by atoms with E-state index >= 15 is 0 Å². The Hall–Kier alpha value is -1.86. The summed E-state index contributed by atoms with van der Waals surface area (Å²) in [7, 11) is -1.24. The molecular weight excluding hydrogens is 225 g/mol. The van der Waals surface area contributed by atoms with Gasteiger partial charge in [-0.1, -0.05) is 12.1 Å². The molecule has 0 saturated carbocycles. The summed E-state index contributed by atoms with van der Waals surface area (Å²) >= 11 is 0. The minimum absolute atomic E-state index is 0.117. The molecule has 0 fully saturated rings. The van der Waals surface area contributed by atoms with Crippen molar-refractivity contribution in [1.29, 1.82) is 0 Å². The molecule has 0 radical (unpaired) electrons. The van der Waals surface area contributed by atoms with Crippen LogP contribution in [-0.2, 0) is 15.9 Å². The molecule has 1 heterocycles. The zero-order chi connectivity index (χ0) is 12.6. The van der Waals surface area contributed by atoms with Gasteiger partial charge < -0.3 is 20.5 Å². The number of benzene rings is 1. The molecule has 1 aliphatic heterocycles. The molecule has 1 unspecified atom stereocenters. The maximum atomic E-state index is 11.3. The predicted molar refractivity (Wildman–Crippen MR) is 58.8 cm³/mol. The molecule has 0 spiro atoms. The molecule has 17 heavy (non-hydrogen) atoms. The Morgan fingerprint density at radius 1 is 1.53 bits per heavy atom. The van der Waals surface area contributed by atoms with E-state index in [2.05, 4.69) is 4.65 Å². The summed E-state index contributed by atoms with van der Waals surface area (Å²) < 4.78 is 4.61. The van der Waals surface area contributed by atoms with E-state index in [4.69, 9.17) is 10.8 Å². The van der Waals surface area contributed by atoms with Gasteiger partial charge in [0, 0.05) is 5.46 Å². The molecule has 0 aliphatic carbocycles. The van der Waals surface area contributed by atoms with Crippen molar-refractivity contribution in [3.8, 4) is 0 Å². The number of carbonyl (C=O) groups excluding carboxylic acids is 1. The molecule has 1 aromatic rings. The van der Waals surface area contributed by atoms with E-state index in [9.17, 15) is 14.6 Å². The van der Waals surface area contributed by atoms with Gasteiger partial charge >= 0.3 is 19.1 Å². The van der Waals surface area contributed by atoms with Gasteiger partial charge in [-0.3, -0.25) is 4.79 Å². The minimum atomic E-state index is -1.24. The fraction of sp³-hybridized carbons (Fsp3) is 0.200. The van der Waals surface area contributed by atoms with Crippen LogP contribution in [0.3, 0.4) is 0 Å². The first-order valence-electron chi connectivity index (χ1n) is 4.99. The Bertz CT molecular complexity index is 490. The Kier molecular flexibility index (Phi) is 2.87. The number of aliphatic carboxylic acids is 1. The lowest BCUT2D eigenvalue weighted by Gasteiger charge is -2.07. The summed E-state index contributed by atoms with van der Waals surface area (Å²) in [5.74, 6) is -1.72. The molecule has 88 valence electrons. The summed E-state index contributed by atoms with van der Waals surface area (Å²) in [6.45, 7) is 0. The van der Waals surface area contributed by atoms with Crippen molar-refractivity contribution in [3.63, 3.8) is 0 Å². The molecule has 0 bridgehead atoms. The standard InChI is InChI=1S/C10H10BNO5/c12-8(9(13)14)4-5-1-2-7-6(3-5)10(15)17-11(7)16/h1-3,8,16H,4,12H2,(H,13,14). The van der Waals surface area contributed by atoms with Crippen LogP contribution in [0.1, 0.15) is 15.9 Å². The van der Waals surface area contributed by atoms with Gasteiger partial charge in [0.2, 0.25) is 0 Å². The van der Waals surface area contributed by atoms with Gasteiger partial charge in [-0.05, 0) is 18.1 Å². The SMILES string of the molecule is NC(Cc1ccc2c(c1)C(=O)OB2O)C(=O)O. The van der Waals surface area contributed by atoms with Crippen molar-refractivity contribution in [1.82, 2.24) is 0 Å². The number of rotatable bonds is 3. The summed E-state index contributed by atoms with van der Waals surface area (Å²) in [6, 6.07) is 3.63. The number of hydrogen-bond acceptors (Lipinski definition) is 5. The van der Waals surface area contributed by atoms with E-state index in [1.165, 1.54) is 12.1 Å². The van der Waals surface area contributed by atoms with Crippen molar-refractivity contribution >= 4 is 24.5 Å². The molecule has 1 aromatic carbocycles. The lowest BCUT2D eigenvalue weighted by Crippen LogP contribution is -2.32. The van der Waals surface area contributed by atoms with Crippen molar-refractivity contribution in [2.75, 3.05) is 0 Å². The maximum absolute atomic E-state index is 11.3. The molecular formula is C10H10BNO5. The topological polar surface area (TPSA) is 110 Å². The van der Waals surface area contributed by atoms with Gasteiger partial charge in [0.1, 0.15) is 6.04 Å². The van der Waals surface area contributed by atoms with Crippen molar-refractivity contribution < 1.29 is 24.4 Å². The maximum Gasteiger partial charge on any atom is 0.563 e. The lowest BCUT2D eigenvalue weighted by molar-refractivity contribution is -0.138. The summed E-state index contributed by atoms with van der Waals surface area (Å²) in [5.41, 5.74) is 6.65. The first kappa shape index (κ1) is 11.6. The molecule has 6 nitrogen and oxygen atoms in total. The first-order valence-corrected chi connectivity index (χ1v) is 4.99. The Balaban J connectivity index is 2.26. The number of carbonyl (C=O) groups is 2. The van der Waals surface area contributed by atoms with Crippen LogP contribution in [0.25, 0.3) is 0 Å². The summed E-state index contributed by atoms with van der Waals surface area (Å²) in [6.07, 6.45) is 0.117. The third-order valence-corrected chi connectivity index (χ3v) is 2.60. The molecule has 7 heteroatoms. The van der Waals surface area contributed by atoms with E-state index in [0.29, 0.717) is 11.0 Å². The van der Waals surface area contributed by atoms with E-state index in [-0.39, 0.29) is 12.0 Å². The number of fused-ring (bicyclic) bond motifs is 1. The Labute approximate surface area is 97.1 Å². The predicted octanol–water partition coefficient (Wildman–Crippen LogP) is -1.50. The van der Waals surface area contributed by atoms with Crippen LogP contribution in [0.2, 0.25) is 0 Å². The van der Waals surface area contributed by atoms with Crippen LogP contribution in [0.15, 0.2) is 18.2 Å². The minimum Gasteiger partial charge on any atom is -0.502 e. The molecule has 1 aliphatic rings. The largest absolute Gasteiger partial charge is 0.563 e. The van der Waals surface area contributed by atoms with Gasteiger partial charge in [-0.25, -0.2) is 4.79 Å². The zero-order valence-electron chi connectivity index (χ0n) is 8.79. The fourth-order valence-electron chi connectivity index (χ4n) is 1.69. The van der Waals surface area contributed by atoms with Crippen molar-refractivity contribution in [3.05, 3.63) is 29.3 Å². The Morgan fingerprint density at radius 3 is 2.88 bits per heavy atom. The molecule has 0 aromatic heterocycles. The van der Waals surface area contributed by atoms with Gasteiger partial charge in [0.25, 0.3) is 0 Å². The highest BCUT2D eigenvalue weighted by atomic mass is 16.6. The second-order valence-corrected chi connectivity index (χ2v) is 3.83. The van der Waals surface area contributed by atoms with Gasteiger partial charge in [-0.2, -0.15) is 0 Å². The van der Waals surface area contributed by atoms with Crippen LogP contribution in [-0.4, -0.2) is 35.2 Å². The monoisotopic (exact) mass is 235 g/mol. The van der Waals surface area contributed by atoms with Crippen LogP contribution >= 0.6 is 0 Å². The van der Waals surface area contributed by atoms with Gasteiger partial charge in [0.15, 0.2) is 0 Å². The average Bonchev–Trinajstić information content (AvgIpc) is 2.54. The van der Waals surface area contributed by atoms with E-state index in [0.717, 1.165) is 0 Å². The molecule has 4 N–H and O–H groups in total. The highest BCUT2D eigenvalue weighted by molar-refractivity contribution is 6.66. The summed E-state index contributed by atoms with van der Waals surface area (Å²) in [5, 5.41) is 18.0. The lowest BCUT2D eigenvalue weighted by atomic mass is 9.79. The van der Waals surface area contributed by atoms with Gasteiger partial charge in [-0.15, -0.1) is 0 Å². The van der Waals surface area contributed by atoms with Crippen LogP contribution < -0.4 is 11.2 Å². The summed E-state index contributed by atoms with van der Waals surface area (Å²) in [4.78, 5) is 21.9. The van der Waals surface area contributed by atoms with Crippen molar-refractivity contribution in [2.45, 2.75) is 12.5 Å². The molecule has 1 atom stereocenters. The van der Waals surface area contributed by atoms with Crippen LogP contribution in [0, 0.1) is 0 Å². The quantitative estimate of drug-likeness (QED) is 0.550. The number of hydrogen-bond donors (Lipinski definition) is 3. The normalized spacial score (nSPS) is 15.4. The second kappa shape index (κ2) is 4.19. The molecule has 0 saturated heterocycles. The average molecular weight is 235 g/mol. The number of carboxylic acids is 1. The van der Waals surface area contributed by atoms with E-state index < -0.39 is 25.1 Å². The molecule has 2 rings (SSSR count).